The van der Waals surface area contributed by atoms with Gasteiger partial charge in [0, 0.05) is 20.6 Å². The minimum atomic E-state index is 0.0836. The van der Waals surface area contributed by atoms with Crippen molar-refractivity contribution >= 4 is 5.91 Å². The molecule has 0 bridgehead atoms. The molecule has 0 aliphatic carbocycles. The summed E-state index contributed by atoms with van der Waals surface area (Å²) in [6, 6.07) is 0. The predicted octanol–water partition coefficient (Wildman–Crippen LogP) is 1.24. The quantitative estimate of drug-likeness (QED) is 0.565. The van der Waals surface area contributed by atoms with E-state index in [-0.39, 0.29) is 5.91 Å². The Morgan fingerprint density at radius 2 is 2.18 bits per heavy atom. The van der Waals surface area contributed by atoms with E-state index in [1.54, 1.807) is 18.9 Å². The third-order valence-corrected chi connectivity index (χ3v) is 1.51. The molecule has 0 aromatic carbocycles. The molecule has 0 aromatic rings. The molecule has 0 saturated heterocycles. The van der Waals surface area contributed by atoms with Crippen LogP contribution in [0.3, 0.4) is 0 Å². The first-order valence-corrected chi connectivity index (χ1v) is 3.96. The zero-order valence-electron chi connectivity index (χ0n) is 7.59. The van der Waals surface area contributed by atoms with Crippen LogP contribution in [-0.2, 0) is 9.53 Å². The molecule has 0 aliphatic heterocycles. The zero-order chi connectivity index (χ0) is 8.69. The third-order valence-electron chi connectivity index (χ3n) is 1.51. The molecule has 0 heterocycles. The van der Waals surface area contributed by atoms with Crippen molar-refractivity contribution in [3.8, 4) is 0 Å². The molecule has 3 nitrogen and oxygen atoms in total. The number of amides is 1. The standard InChI is InChI=1S/C8H17NO2/c1-4-5-6-9(7-11-3)8(2)10/h4-7H2,1-3H3. The van der Waals surface area contributed by atoms with E-state index >= 15 is 0 Å². The summed E-state index contributed by atoms with van der Waals surface area (Å²) in [5.41, 5.74) is 0. The fraction of sp³-hybridized carbons (Fsp3) is 0.875. The van der Waals surface area contributed by atoms with Gasteiger partial charge in [-0.3, -0.25) is 4.79 Å². The van der Waals surface area contributed by atoms with Gasteiger partial charge in [-0.1, -0.05) is 13.3 Å². The highest BCUT2D eigenvalue weighted by atomic mass is 16.5. The number of methoxy groups -OCH3 is 1. The number of carbonyl (C=O) groups is 1. The summed E-state index contributed by atoms with van der Waals surface area (Å²) in [7, 11) is 1.60. The van der Waals surface area contributed by atoms with Crippen LogP contribution in [0.1, 0.15) is 26.7 Å². The minimum Gasteiger partial charge on any atom is -0.364 e. The van der Waals surface area contributed by atoms with Crippen molar-refractivity contribution in [3.63, 3.8) is 0 Å². The van der Waals surface area contributed by atoms with Crippen molar-refractivity contribution < 1.29 is 9.53 Å². The van der Waals surface area contributed by atoms with Crippen LogP contribution in [-0.4, -0.2) is 31.2 Å². The highest BCUT2D eigenvalue weighted by Gasteiger charge is 2.05. The van der Waals surface area contributed by atoms with Crippen molar-refractivity contribution in [2.45, 2.75) is 26.7 Å². The molecule has 0 radical (unpaired) electrons. The van der Waals surface area contributed by atoms with Gasteiger partial charge in [0.05, 0.1) is 0 Å². The molecule has 0 N–H and O–H groups in total. The first-order chi connectivity index (χ1) is 5.22. The largest absolute Gasteiger partial charge is 0.364 e. The first-order valence-electron chi connectivity index (χ1n) is 3.96. The first kappa shape index (κ1) is 10.4. The maximum absolute atomic E-state index is 10.9. The predicted molar refractivity (Wildman–Crippen MR) is 44.2 cm³/mol. The number of unbranched alkanes of at least 4 members (excludes halogenated alkanes) is 1. The number of hydrogen-bond donors (Lipinski definition) is 0. The summed E-state index contributed by atoms with van der Waals surface area (Å²) in [6.45, 7) is 4.88. The molecule has 1 amide bonds. The Hall–Kier alpha value is -0.570. The maximum atomic E-state index is 10.9. The van der Waals surface area contributed by atoms with Gasteiger partial charge in [-0.25, -0.2) is 0 Å². The Labute approximate surface area is 68.3 Å². The van der Waals surface area contributed by atoms with Crippen molar-refractivity contribution in [1.29, 1.82) is 0 Å². The lowest BCUT2D eigenvalue weighted by atomic mass is 10.3. The Morgan fingerprint density at radius 1 is 1.55 bits per heavy atom. The van der Waals surface area contributed by atoms with Crippen LogP contribution in [0.4, 0.5) is 0 Å². The van der Waals surface area contributed by atoms with E-state index in [2.05, 4.69) is 6.92 Å². The molecule has 0 atom stereocenters. The molecule has 0 saturated carbocycles. The molecule has 3 heteroatoms. The molecule has 0 spiro atoms. The van der Waals surface area contributed by atoms with Gasteiger partial charge < -0.3 is 9.64 Å². The highest BCUT2D eigenvalue weighted by molar-refractivity contribution is 5.72. The summed E-state index contributed by atoms with van der Waals surface area (Å²) in [5, 5.41) is 0. The van der Waals surface area contributed by atoms with Crippen molar-refractivity contribution in [2.24, 2.45) is 0 Å². The highest BCUT2D eigenvalue weighted by Crippen LogP contribution is 1.95. The van der Waals surface area contributed by atoms with Crippen LogP contribution in [0.15, 0.2) is 0 Å². The van der Waals surface area contributed by atoms with Crippen LogP contribution < -0.4 is 0 Å². The van der Waals surface area contributed by atoms with Gasteiger partial charge in [0.15, 0.2) is 0 Å². The van der Waals surface area contributed by atoms with E-state index in [4.69, 9.17) is 4.74 Å². The maximum Gasteiger partial charge on any atom is 0.221 e. The molecular formula is C8H17NO2. The Balaban J connectivity index is 3.60. The second kappa shape index (κ2) is 6.16. The lowest BCUT2D eigenvalue weighted by Gasteiger charge is -2.18. The average molecular weight is 159 g/mol. The van der Waals surface area contributed by atoms with Crippen molar-refractivity contribution in [2.75, 3.05) is 20.4 Å². The Kier molecular flexibility index (Phi) is 5.84. The number of nitrogens with zero attached hydrogens (tertiary/aromatic N) is 1. The monoisotopic (exact) mass is 159 g/mol. The fourth-order valence-corrected chi connectivity index (χ4v) is 0.818. The van der Waals surface area contributed by atoms with Gasteiger partial charge >= 0.3 is 0 Å². The smallest absolute Gasteiger partial charge is 0.221 e. The van der Waals surface area contributed by atoms with E-state index in [1.807, 2.05) is 0 Å². The average Bonchev–Trinajstić information content (AvgIpc) is 1.97. The second-order valence-corrected chi connectivity index (χ2v) is 2.55. The van der Waals surface area contributed by atoms with E-state index in [1.165, 1.54) is 0 Å². The minimum absolute atomic E-state index is 0.0836. The summed E-state index contributed by atoms with van der Waals surface area (Å²) in [4.78, 5) is 12.6. The summed E-state index contributed by atoms with van der Waals surface area (Å²) in [6.07, 6.45) is 2.15. The Bertz CT molecular complexity index is 115. The number of rotatable bonds is 5. The molecule has 11 heavy (non-hydrogen) atoms. The number of ether oxygens (including phenoxy) is 1. The SMILES string of the molecule is CCCCN(COC)C(C)=O. The van der Waals surface area contributed by atoms with E-state index in [0.717, 1.165) is 19.4 Å². The lowest BCUT2D eigenvalue weighted by Crippen LogP contribution is -2.31. The molecule has 0 rings (SSSR count). The molecule has 0 unspecified atom stereocenters. The van der Waals surface area contributed by atoms with Gasteiger partial charge in [-0.05, 0) is 6.42 Å². The van der Waals surface area contributed by atoms with E-state index in [9.17, 15) is 4.79 Å². The van der Waals surface area contributed by atoms with Crippen LogP contribution in [0.2, 0.25) is 0 Å². The number of hydrogen-bond acceptors (Lipinski definition) is 2. The normalized spacial score (nSPS) is 9.73. The van der Waals surface area contributed by atoms with Crippen molar-refractivity contribution in [3.05, 3.63) is 0 Å². The Morgan fingerprint density at radius 3 is 2.55 bits per heavy atom. The van der Waals surface area contributed by atoms with Gasteiger partial charge in [-0.2, -0.15) is 0 Å². The zero-order valence-corrected chi connectivity index (χ0v) is 7.59. The number of carbonyl (C=O) groups excluding carboxylic acids is 1. The summed E-state index contributed by atoms with van der Waals surface area (Å²) >= 11 is 0. The van der Waals surface area contributed by atoms with Gasteiger partial charge in [-0.15, -0.1) is 0 Å². The van der Waals surface area contributed by atoms with Crippen LogP contribution in [0, 0.1) is 0 Å². The van der Waals surface area contributed by atoms with Gasteiger partial charge in [0.2, 0.25) is 5.91 Å². The molecular weight excluding hydrogens is 142 g/mol. The molecule has 0 fully saturated rings. The van der Waals surface area contributed by atoms with Crippen LogP contribution >= 0.6 is 0 Å². The van der Waals surface area contributed by atoms with E-state index in [0.29, 0.717) is 6.73 Å². The fourth-order valence-electron chi connectivity index (χ4n) is 0.818. The van der Waals surface area contributed by atoms with Crippen molar-refractivity contribution in [1.82, 2.24) is 4.90 Å². The van der Waals surface area contributed by atoms with Crippen LogP contribution in [0.25, 0.3) is 0 Å². The summed E-state index contributed by atoms with van der Waals surface area (Å²) in [5.74, 6) is 0.0836. The molecule has 66 valence electrons. The van der Waals surface area contributed by atoms with Crippen LogP contribution in [0.5, 0.6) is 0 Å². The molecule has 0 aliphatic rings. The lowest BCUT2D eigenvalue weighted by molar-refractivity contribution is -0.133. The molecule has 0 aromatic heterocycles. The third kappa shape index (κ3) is 4.79. The topological polar surface area (TPSA) is 29.5 Å². The van der Waals surface area contributed by atoms with Gasteiger partial charge in [0.1, 0.15) is 6.73 Å². The summed E-state index contributed by atoms with van der Waals surface area (Å²) < 4.78 is 4.87. The second-order valence-electron chi connectivity index (χ2n) is 2.55. The van der Waals surface area contributed by atoms with E-state index < -0.39 is 0 Å². The van der Waals surface area contributed by atoms with Gasteiger partial charge in [0.25, 0.3) is 0 Å².